The number of rotatable bonds is 7. The van der Waals surface area contributed by atoms with Crippen LogP contribution in [-0.2, 0) is 19.4 Å². The molecule has 0 N–H and O–H groups in total. The van der Waals surface area contributed by atoms with Crippen LogP contribution in [0.25, 0.3) is 110 Å². The van der Waals surface area contributed by atoms with Crippen LogP contribution in [0.15, 0.2) is 200 Å². The van der Waals surface area contributed by atoms with E-state index in [9.17, 15) is 5.26 Å². The monoisotopic (exact) mass is 1080 g/mol. The third kappa shape index (κ3) is 5.97. The average molecular weight is 1080 g/mol. The number of nitriles is 1. The first-order valence-electron chi connectivity index (χ1n) is 24.3. The van der Waals surface area contributed by atoms with E-state index < -0.39 is 6.85 Å². The Labute approximate surface area is 416 Å². The Kier molecular flexibility index (Phi) is 8.30. The minimum Gasteiger partial charge on any atom is -0.0570 e. The molecule has 5 aromatic heterocycles. The molecule has 0 spiro atoms. The summed E-state index contributed by atoms with van der Waals surface area (Å²) in [5, 5.41) is 16.2. The van der Waals surface area contributed by atoms with E-state index in [0.717, 1.165) is 97.2 Å². The number of fused-ring (bicyclic) bond motifs is 10. The van der Waals surface area contributed by atoms with Gasteiger partial charge in [0.15, 0.2) is 0 Å². The van der Waals surface area contributed by atoms with E-state index >= 15 is 0 Å². The zero-order valence-corrected chi connectivity index (χ0v) is 39.2. The molecule has 14 aromatic rings. The number of imidazole rings is 1. The van der Waals surface area contributed by atoms with Crippen molar-refractivity contribution in [1.82, 2.24) is 23.1 Å². The van der Waals surface area contributed by atoms with Gasteiger partial charge in [0, 0.05) is 27.7 Å². The molecular weight excluding hydrogens is 1040 g/mol. The maximum atomic E-state index is 10.2. The zero-order chi connectivity index (χ0) is 49.1. The molecule has 70 heavy (non-hydrogen) atoms. The van der Waals surface area contributed by atoms with Gasteiger partial charge in [0.2, 0.25) is 0 Å². The van der Waals surface area contributed by atoms with Crippen molar-refractivity contribution in [2.75, 3.05) is 0 Å². The number of hydrogen-bond acceptors (Lipinski definition) is 3. The normalized spacial score (nSPS) is 12.7. The SMILES string of the molecule is [2H]C([2H])([2H])c1ccc(-n2[c](=[Pt])n(-c3c(-c4ccccc4)cccc3-c3ccccc3)c3ccccc32)[c-]c1Oc1[c-]c2c(cc1)c1cc3c4cc(C#N)cc5c6ccccc6n(c3cc1n2-c1ccccn1)c54. The number of pyridine rings is 1. The second-order valence-electron chi connectivity index (χ2n) is 17.4. The molecule has 0 aliphatic carbocycles. The van der Waals surface area contributed by atoms with Gasteiger partial charge in [-0.15, -0.1) is 0 Å². The molecule has 9 aromatic carbocycles. The van der Waals surface area contributed by atoms with E-state index in [1.54, 1.807) is 18.3 Å². The Bertz CT molecular complexity index is 4610. The number of benzene rings is 9. The Hall–Kier alpha value is -8.82. The van der Waals surface area contributed by atoms with Crippen molar-refractivity contribution in [2.24, 2.45) is 0 Å². The number of ether oxygens (including phenoxy) is 1. The molecule has 7 nitrogen and oxygen atoms in total. The second-order valence-corrected chi connectivity index (χ2v) is 18.4. The molecule has 0 atom stereocenters. The maximum absolute atomic E-state index is 10.2. The van der Waals surface area contributed by atoms with Crippen LogP contribution in [-0.4, -0.2) is 23.1 Å². The predicted octanol–water partition coefficient (Wildman–Crippen LogP) is 15.0. The summed E-state index contributed by atoms with van der Waals surface area (Å²) < 4.78 is 42.5. The van der Waals surface area contributed by atoms with Crippen LogP contribution in [0.3, 0.4) is 0 Å². The minimum absolute atomic E-state index is 0.0208. The quantitative estimate of drug-likeness (QED) is 0.149. The Morgan fingerprint density at radius 1 is 0.557 bits per heavy atom. The van der Waals surface area contributed by atoms with Crippen LogP contribution >= 0.6 is 0 Å². The van der Waals surface area contributed by atoms with Crippen molar-refractivity contribution in [3.8, 4) is 57.0 Å². The Morgan fingerprint density at radius 2 is 1.23 bits per heavy atom. The third-order valence-electron chi connectivity index (χ3n) is 13.6. The Morgan fingerprint density at radius 3 is 1.94 bits per heavy atom. The van der Waals surface area contributed by atoms with Crippen LogP contribution in [0.1, 0.15) is 15.2 Å². The van der Waals surface area contributed by atoms with Gasteiger partial charge in [-0.3, -0.25) is 0 Å². The molecule has 5 heterocycles. The van der Waals surface area contributed by atoms with Gasteiger partial charge in [0.1, 0.15) is 0 Å². The van der Waals surface area contributed by atoms with Gasteiger partial charge in [-0.2, -0.15) is 5.26 Å². The van der Waals surface area contributed by atoms with Gasteiger partial charge < -0.3 is 4.40 Å². The van der Waals surface area contributed by atoms with E-state index in [1.165, 1.54) is 0 Å². The fourth-order valence-electron chi connectivity index (χ4n) is 10.6. The third-order valence-corrected chi connectivity index (χ3v) is 14.6. The number of para-hydroxylation sites is 4. The van der Waals surface area contributed by atoms with Gasteiger partial charge in [0.25, 0.3) is 0 Å². The van der Waals surface area contributed by atoms with Crippen molar-refractivity contribution in [3.63, 3.8) is 0 Å². The number of nitrogens with zero attached hydrogens (tertiary/aromatic N) is 6. The molecular formula is C62H36N6OPt-2. The summed E-state index contributed by atoms with van der Waals surface area (Å²) >= 11 is 2.38. The number of aryl methyl sites for hydroxylation is 1. The van der Waals surface area contributed by atoms with E-state index in [2.05, 4.69) is 159 Å². The molecule has 8 heteroatoms. The summed E-state index contributed by atoms with van der Waals surface area (Å²) in [5.41, 5.74) is 13.1. The summed E-state index contributed by atoms with van der Waals surface area (Å²) in [4.78, 5) is 4.84. The van der Waals surface area contributed by atoms with E-state index in [0.29, 0.717) is 28.3 Å². The first kappa shape index (κ1) is 37.2. The minimum atomic E-state index is -2.53. The fourth-order valence-corrected chi connectivity index (χ4v) is 11.7. The van der Waals surface area contributed by atoms with Crippen molar-refractivity contribution in [2.45, 2.75) is 6.85 Å². The summed E-state index contributed by atoms with van der Waals surface area (Å²) in [6, 6.07) is 74.7. The van der Waals surface area contributed by atoms with Crippen LogP contribution < -0.4 is 4.74 Å². The van der Waals surface area contributed by atoms with Crippen LogP contribution in [0, 0.1) is 34.1 Å². The molecule has 14 rings (SSSR count). The number of hydrogen-bond donors (Lipinski definition) is 0. The van der Waals surface area contributed by atoms with Crippen molar-refractivity contribution in [1.29, 1.82) is 5.26 Å². The van der Waals surface area contributed by atoms with Gasteiger partial charge in [-0.05, 0) is 24.3 Å². The van der Waals surface area contributed by atoms with Gasteiger partial charge in [-0.25, -0.2) is 0 Å². The molecule has 0 aliphatic rings. The molecule has 0 bridgehead atoms. The molecule has 0 unspecified atom stereocenters. The van der Waals surface area contributed by atoms with Crippen molar-refractivity contribution < 1.29 is 28.2 Å². The molecule has 0 fully saturated rings. The van der Waals surface area contributed by atoms with Crippen LogP contribution in [0.4, 0.5) is 0 Å². The standard InChI is InChI=1S/C62H36N6O.Pt/c1-39-26-27-43(65-38-66(55-24-11-10-23-54(55)65)61-45(41-15-4-2-5-16-41)20-14-21-46(61)42-17-6-3-7-18-42)33-59(39)69-44-28-29-48-49-35-50-52-32-40(37-63)31-51-47-19-8-9-22-53(47)68(62(51)52)58(50)36-57(49)67(56(48)34-44)60-25-12-13-30-64-60;/h2-32,35-36H,1H3;/q-2;/i1D3;. The first-order chi connectivity index (χ1) is 35.7. The average Bonchev–Trinajstić information content (AvgIpc) is 4.13. The van der Waals surface area contributed by atoms with Crippen molar-refractivity contribution >= 4 is 70.9 Å². The van der Waals surface area contributed by atoms with E-state index in [1.807, 2.05) is 78.9 Å². The fraction of sp³-hybridized carbons (Fsp3) is 0.0161. The topological polar surface area (TPSA) is 65.1 Å². The second kappa shape index (κ2) is 15.6. The summed E-state index contributed by atoms with van der Waals surface area (Å²) in [6.07, 6.45) is 1.77. The van der Waals surface area contributed by atoms with E-state index in [4.69, 9.17) is 13.8 Å². The number of aromatic nitrogens is 5. The van der Waals surface area contributed by atoms with Crippen LogP contribution in [0.5, 0.6) is 11.5 Å². The van der Waals surface area contributed by atoms with Gasteiger partial charge in [0.05, 0.1) is 28.2 Å². The molecule has 332 valence electrons. The molecule has 0 radical (unpaired) electrons. The Balaban J connectivity index is 0.964. The summed E-state index contributed by atoms with van der Waals surface area (Å²) in [7, 11) is 0. The summed E-state index contributed by atoms with van der Waals surface area (Å²) in [6.45, 7) is -2.53. The summed E-state index contributed by atoms with van der Waals surface area (Å²) in [5.74, 6) is 1.06. The zero-order valence-electron chi connectivity index (χ0n) is 40.0. The molecule has 0 saturated carbocycles. The van der Waals surface area contributed by atoms with E-state index in [-0.39, 0.29) is 11.3 Å². The van der Waals surface area contributed by atoms with Crippen molar-refractivity contribution in [3.05, 3.63) is 227 Å². The van der Waals surface area contributed by atoms with Crippen LogP contribution in [0.2, 0.25) is 0 Å². The van der Waals surface area contributed by atoms with Gasteiger partial charge >= 0.3 is 305 Å². The first-order valence-corrected chi connectivity index (χ1v) is 24.0. The molecule has 0 aliphatic heterocycles. The predicted molar refractivity (Wildman–Crippen MR) is 277 cm³/mol. The smallest absolute Gasteiger partial charge is 0.0570 e. The molecule has 0 amide bonds. The van der Waals surface area contributed by atoms with Gasteiger partial charge in [-0.1, -0.05) is 24.3 Å². The molecule has 0 saturated heterocycles.